The van der Waals surface area contributed by atoms with Gasteiger partial charge in [0.2, 0.25) is 0 Å². The lowest BCUT2D eigenvalue weighted by Crippen LogP contribution is -2.02. The highest BCUT2D eigenvalue weighted by Gasteiger charge is 2.13. The molecule has 0 saturated heterocycles. The molecular formula is C19H17ClO3. The van der Waals surface area contributed by atoms with Gasteiger partial charge in [0.15, 0.2) is 11.0 Å². The van der Waals surface area contributed by atoms with Crippen molar-refractivity contribution in [3.8, 4) is 17.1 Å². The van der Waals surface area contributed by atoms with Gasteiger partial charge in [-0.15, -0.1) is 0 Å². The molecule has 0 radical (unpaired) electrons. The lowest BCUT2D eigenvalue weighted by Gasteiger charge is -2.12. The molecule has 0 bridgehead atoms. The SMILES string of the molecule is CCCOc1cc(C)ccc1-c1cc(=O)c2cccc(Cl)c2o1. The summed E-state index contributed by atoms with van der Waals surface area (Å²) in [4.78, 5) is 12.4. The molecule has 3 rings (SSSR count). The summed E-state index contributed by atoms with van der Waals surface area (Å²) in [5, 5.41) is 0.897. The Balaban J connectivity index is 2.21. The number of hydrogen-bond donors (Lipinski definition) is 0. The van der Waals surface area contributed by atoms with Gasteiger partial charge < -0.3 is 9.15 Å². The largest absolute Gasteiger partial charge is 0.493 e. The standard InChI is InChI=1S/C19H17ClO3/c1-3-9-22-17-10-12(2)7-8-14(17)18-11-16(21)13-5-4-6-15(20)19(13)23-18/h4-8,10-11H,3,9H2,1-2H3. The predicted octanol–water partition coefficient (Wildman–Crippen LogP) is 5.21. The average molecular weight is 329 g/mol. The van der Waals surface area contributed by atoms with Crippen LogP contribution in [0, 0.1) is 6.92 Å². The molecule has 0 N–H and O–H groups in total. The molecule has 2 aromatic carbocycles. The number of fused-ring (bicyclic) bond motifs is 1. The Morgan fingerprint density at radius 2 is 2.00 bits per heavy atom. The summed E-state index contributed by atoms with van der Waals surface area (Å²) in [6.45, 7) is 4.65. The summed E-state index contributed by atoms with van der Waals surface area (Å²) < 4.78 is 11.7. The van der Waals surface area contributed by atoms with E-state index in [1.807, 2.05) is 32.0 Å². The van der Waals surface area contributed by atoms with Crippen LogP contribution in [0.15, 0.2) is 51.7 Å². The van der Waals surface area contributed by atoms with E-state index < -0.39 is 0 Å². The zero-order valence-corrected chi connectivity index (χ0v) is 13.8. The molecule has 3 nitrogen and oxygen atoms in total. The molecular weight excluding hydrogens is 312 g/mol. The van der Waals surface area contributed by atoms with Crippen LogP contribution < -0.4 is 10.2 Å². The Kier molecular flexibility index (Phi) is 4.39. The summed E-state index contributed by atoms with van der Waals surface area (Å²) in [5.74, 6) is 1.17. The third-order valence-corrected chi connectivity index (χ3v) is 3.87. The normalized spacial score (nSPS) is 10.9. The van der Waals surface area contributed by atoms with Crippen LogP contribution in [-0.2, 0) is 0 Å². The van der Waals surface area contributed by atoms with E-state index in [0.717, 1.165) is 17.5 Å². The highest BCUT2D eigenvalue weighted by molar-refractivity contribution is 6.34. The van der Waals surface area contributed by atoms with Crippen LogP contribution in [-0.4, -0.2) is 6.61 Å². The first-order valence-corrected chi connectivity index (χ1v) is 7.94. The molecule has 0 aliphatic heterocycles. The van der Waals surface area contributed by atoms with Gasteiger partial charge in [-0.1, -0.05) is 30.7 Å². The van der Waals surface area contributed by atoms with Gasteiger partial charge in [0.1, 0.15) is 11.5 Å². The fourth-order valence-electron chi connectivity index (χ4n) is 2.44. The molecule has 4 heteroatoms. The summed E-state index contributed by atoms with van der Waals surface area (Å²) >= 11 is 6.17. The fraction of sp³-hybridized carbons (Fsp3) is 0.211. The van der Waals surface area contributed by atoms with Crippen LogP contribution in [0.25, 0.3) is 22.3 Å². The van der Waals surface area contributed by atoms with E-state index in [-0.39, 0.29) is 5.43 Å². The van der Waals surface area contributed by atoms with Crippen molar-refractivity contribution in [3.63, 3.8) is 0 Å². The van der Waals surface area contributed by atoms with Crippen molar-refractivity contribution in [2.45, 2.75) is 20.3 Å². The minimum atomic E-state index is -0.120. The van der Waals surface area contributed by atoms with Crippen molar-refractivity contribution < 1.29 is 9.15 Å². The van der Waals surface area contributed by atoms with Gasteiger partial charge in [-0.25, -0.2) is 0 Å². The van der Waals surface area contributed by atoms with Crippen LogP contribution in [0.4, 0.5) is 0 Å². The first-order valence-electron chi connectivity index (χ1n) is 7.56. The molecule has 1 aromatic heterocycles. The molecule has 118 valence electrons. The lowest BCUT2D eigenvalue weighted by atomic mass is 10.1. The Morgan fingerprint density at radius 1 is 1.17 bits per heavy atom. The van der Waals surface area contributed by atoms with Crippen LogP contribution in [0.1, 0.15) is 18.9 Å². The lowest BCUT2D eigenvalue weighted by molar-refractivity contribution is 0.318. The molecule has 0 amide bonds. The third-order valence-electron chi connectivity index (χ3n) is 3.57. The van der Waals surface area contributed by atoms with Crippen molar-refractivity contribution in [2.75, 3.05) is 6.61 Å². The van der Waals surface area contributed by atoms with Crippen LogP contribution >= 0.6 is 11.6 Å². The highest BCUT2D eigenvalue weighted by atomic mass is 35.5. The van der Waals surface area contributed by atoms with Crippen molar-refractivity contribution in [1.29, 1.82) is 0 Å². The zero-order chi connectivity index (χ0) is 16.4. The number of ether oxygens (including phenoxy) is 1. The number of benzene rings is 2. The molecule has 0 spiro atoms. The van der Waals surface area contributed by atoms with Gasteiger partial charge >= 0.3 is 0 Å². The molecule has 0 fully saturated rings. The number of halogens is 1. The summed E-state index contributed by atoms with van der Waals surface area (Å²) in [5.41, 5.74) is 2.12. The quantitative estimate of drug-likeness (QED) is 0.660. The van der Waals surface area contributed by atoms with Crippen LogP contribution in [0.5, 0.6) is 5.75 Å². The molecule has 0 saturated carbocycles. The minimum Gasteiger partial charge on any atom is -0.493 e. The van der Waals surface area contributed by atoms with E-state index in [9.17, 15) is 4.79 Å². The van der Waals surface area contributed by atoms with E-state index >= 15 is 0 Å². The van der Waals surface area contributed by atoms with E-state index in [0.29, 0.717) is 34.1 Å². The first-order chi connectivity index (χ1) is 11.1. The van der Waals surface area contributed by atoms with Gasteiger partial charge in [0.25, 0.3) is 0 Å². The zero-order valence-electron chi connectivity index (χ0n) is 13.1. The van der Waals surface area contributed by atoms with Gasteiger partial charge in [0.05, 0.1) is 22.6 Å². The van der Waals surface area contributed by atoms with Crippen LogP contribution in [0.2, 0.25) is 5.02 Å². The Labute approximate surface area is 139 Å². The van der Waals surface area contributed by atoms with Crippen molar-refractivity contribution in [2.24, 2.45) is 0 Å². The van der Waals surface area contributed by atoms with Crippen molar-refractivity contribution >= 4 is 22.6 Å². The Bertz CT molecular complexity index is 912. The van der Waals surface area contributed by atoms with Gasteiger partial charge in [-0.3, -0.25) is 4.79 Å². The molecule has 0 atom stereocenters. The van der Waals surface area contributed by atoms with Gasteiger partial charge in [0, 0.05) is 6.07 Å². The molecule has 0 aliphatic rings. The Hall–Kier alpha value is -2.26. The molecule has 0 aliphatic carbocycles. The van der Waals surface area contributed by atoms with E-state index in [2.05, 4.69) is 0 Å². The number of para-hydroxylation sites is 1. The third kappa shape index (κ3) is 3.10. The topological polar surface area (TPSA) is 39.4 Å². The molecule has 23 heavy (non-hydrogen) atoms. The number of aryl methyl sites for hydroxylation is 1. The Morgan fingerprint density at radius 3 is 2.78 bits per heavy atom. The second-order valence-corrected chi connectivity index (χ2v) is 5.85. The fourth-order valence-corrected chi connectivity index (χ4v) is 2.65. The molecule has 1 heterocycles. The summed E-state index contributed by atoms with van der Waals surface area (Å²) in [6, 6.07) is 12.5. The summed E-state index contributed by atoms with van der Waals surface area (Å²) in [6.07, 6.45) is 0.904. The predicted molar refractivity (Wildman–Crippen MR) is 93.5 cm³/mol. The van der Waals surface area contributed by atoms with Crippen molar-refractivity contribution in [1.82, 2.24) is 0 Å². The van der Waals surface area contributed by atoms with E-state index in [1.54, 1.807) is 18.2 Å². The molecule has 3 aromatic rings. The maximum Gasteiger partial charge on any atom is 0.193 e. The van der Waals surface area contributed by atoms with E-state index in [4.69, 9.17) is 20.8 Å². The minimum absolute atomic E-state index is 0.120. The number of rotatable bonds is 4. The van der Waals surface area contributed by atoms with Crippen LogP contribution in [0.3, 0.4) is 0 Å². The van der Waals surface area contributed by atoms with Gasteiger partial charge in [-0.05, 0) is 43.2 Å². The highest BCUT2D eigenvalue weighted by Crippen LogP contribution is 2.33. The maximum atomic E-state index is 12.4. The van der Waals surface area contributed by atoms with Gasteiger partial charge in [-0.2, -0.15) is 0 Å². The first kappa shape index (κ1) is 15.6. The monoisotopic (exact) mass is 328 g/mol. The average Bonchev–Trinajstić information content (AvgIpc) is 2.54. The summed E-state index contributed by atoms with van der Waals surface area (Å²) in [7, 11) is 0. The second kappa shape index (κ2) is 6.47. The second-order valence-electron chi connectivity index (χ2n) is 5.44. The van der Waals surface area contributed by atoms with Crippen molar-refractivity contribution in [3.05, 3.63) is 63.3 Å². The molecule has 0 unspecified atom stereocenters. The number of hydrogen-bond acceptors (Lipinski definition) is 3. The van der Waals surface area contributed by atoms with E-state index in [1.165, 1.54) is 6.07 Å². The smallest absolute Gasteiger partial charge is 0.193 e. The maximum absolute atomic E-state index is 12.4.